The molecule has 0 spiro atoms. The van der Waals surface area contributed by atoms with Crippen molar-refractivity contribution in [2.75, 3.05) is 39.6 Å². The quantitative estimate of drug-likeness (QED) is 0.0169. The molecule has 3 N–H and O–H groups in total. The summed E-state index contributed by atoms with van der Waals surface area (Å²) in [5.74, 6) is -0.569. The minimum absolute atomic E-state index is 0.0848. The summed E-state index contributed by atoms with van der Waals surface area (Å²) in [6.07, 6.45) is 65.9. The van der Waals surface area contributed by atoms with Gasteiger partial charge in [-0.3, -0.25) is 37.3 Å². The molecule has 0 aromatic rings. The maximum atomic E-state index is 13.1. The highest BCUT2D eigenvalue weighted by Crippen LogP contribution is 2.45. The smallest absolute Gasteiger partial charge is 0.462 e. The zero-order valence-electron chi connectivity index (χ0n) is 65.7. The molecular weight excluding hydrogens is 1320 g/mol. The van der Waals surface area contributed by atoms with Crippen molar-refractivity contribution in [3.8, 4) is 0 Å². The molecule has 0 bridgehead atoms. The minimum atomic E-state index is -4.97. The van der Waals surface area contributed by atoms with Gasteiger partial charge < -0.3 is 33.8 Å². The summed E-state index contributed by atoms with van der Waals surface area (Å²) in [5, 5.41) is 10.6. The van der Waals surface area contributed by atoms with Gasteiger partial charge in [0.25, 0.3) is 0 Å². The summed E-state index contributed by atoms with van der Waals surface area (Å²) in [5.41, 5.74) is 0. The monoisotopic (exact) mass is 1480 g/mol. The Balaban J connectivity index is 5.30. The van der Waals surface area contributed by atoms with Crippen LogP contribution >= 0.6 is 15.6 Å². The fourth-order valence-electron chi connectivity index (χ4n) is 12.1. The Morgan fingerprint density at radius 1 is 0.327 bits per heavy atom. The minimum Gasteiger partial charge on any atom is -0.462 e. The number of unbranched alkanes of at least 4 members (excludes halogenated alkanes) is 45. The number of hydrogen-bond acceptors (Lipinski definition) is 15. The number of hydrogen-bond donors (Lipinski definition) is 3. The zero-order valence-corrected chi connectivity index (χ0v) is 67.5. The van der Waals surface area contributed by atoms with Gasteiger partial charge in [-0.25, -0.2) is 9.13 Å². The number of aliphatic hydroxyl groups is 1. The number of aliphatic hydroxyl groups excluding tert-OH is 1. The lowest BCUT2D eigenvalue weighted by molar-refractivity contribution is -0.161. The van der Waals surface area contributed by atoms with Crippen LogP contribution in [0.1, 0.15) is 408 Å². The van der Waals surface area contributed by atoms with E-state index in [0.29, 0.717) is 25.7 Å². The van der Waals surface area contributed by atoms with Gasteiger partial charge in [-0.15, -0.1) is 0 Å². The molecule has 0 radical (unpaired) electrons. The van der Waals surface area contributed by atoms with Crippen molar-refractivity contribution in [2.45, 2.75) is 426 Å². The van der Waals surface area contributed by atoms with E-state index in [4.69, 9.17) is 37.0 Å². The van der Waals surface area contributed by atoms with E-state index in [1.165, 1.54) is 212 Å². The largest absolute Gasteiger partial charge is 0.472 e. The summed E-state index contributed by atoms with van der Waals surface area (Å²) in [4.78, 5) is 73.1. The summed E-state index contributed by atoms with van der Waals surface area (Å²) in [6, 6.07) is 0. The van der Waals surface area contributed by atoms with Crippen molar-refractivity contribution in [1.29, 1.82) is 0 Å². The summed E-state index contributed by atoms with van der Waals surface area (Å²) in [7, 11) is -9.94. The van der Waals surface area contributed by atoms with Gasteiger partial charge in [0.15, 0.2) is 12.2 Å². The average molecular weight is 1480 g/mol. The molecule has 101 heavy (non-hydrogen) atoms. The van der Waals surface area contributed by atoms with Crippen LogP contribution in [0.2, 0.25) is 0 Å². The summed E-state index contributed by atoms with van der Waals surface area (Å²) < 4.78 is 68.7. The van der Waals surface area contributed by atoms with E-state index in [1.54, 1.807) is 0 Å². The maximum absolute atomic E-state index is 13.1. The van der Waals surface area contributed by atoms with E-state index in [2.05, 4.69) is 65.8 Å². The summed E-state index contributed by atoms with van der Waals surface area (Å²) >= 11 is 0. The number of phosphoric acid groups is 2. The Bertz CT molecular complexity index is 2040. The zero-order chi connectivity index (χ0) is 74.2. The summed E-state index contributed by atoms with van der Waals surface area (Å²) in [6.45, 7) is 9.60. The number of rotatable bonds is 79. The van der Waals surface area contributed by atoms with Crippen molar-refractivity contribution in [3.05, 3.63) is 24.3 Å². The van der Waals surface area contributed by atoms with Crippen LogP contribution in [0.5, 0.6) is 0 Å². The molecule has 0 aliphatic rings. The Hall–Kier alpha value is -2.46. The Kier molecular flexibility index (Phi) is 71.3. The molecule has 596 valence electrons. The first-order valence-corrected chi connectivity index (χ1v) is 44.8. The molecule has 0 aromatic heterocycles. The van der Waals surface area contributed by atoms with Gasteiger partial charge >= 0.3 is 39.5 Å². The average Bonchev–Trinajstić information content (AvgIpc) is 0.967. The van der Waals surface area contributed by atoms with Crippen LogP contribution in [0.15, 0.2) is 24.3 Å². The first kappa shape index (κ1) is 98.5. The lowest BCUT2D eigenvalue weighted by atomic mass is 9.99. The molecular formula is C82H156O17P2. The molecule has 0 rings (SSSR count). The van der Waals surface area contributed by atoms with Gasteiger partial charge in [0.05, 0.1) is 26.4 Å². The van der Waals surface area contributed by atoms with Gasteiger partial charge in [-0.2, -0.15) is 0 Å². The molecule has 19 heteroatoms. The fourth-order valence-corrected chi connectivity index (χ4v) is 13.7. The third kappa shape index (κ3) is 74.2. The maximum Gasteiger partial charge on any atom is 0.472 e. The van der Waals surface area contributed by atoms with E-state index < -0.39 is 97.5 Å². The van der Waals surface area contributed by atoms with Gasteiger partial charge in [-0.1, -0.05) is 355 Å². The van der Waals surface area contributed by atoms with Crippen molar-refractivity contribution in [2.24, 2.45) is 11.8 Å². The first-order chi connectivity index (χ1) is 48.9. The first-order valence-electron chi connectivity index (χ1n) is 41.8. The second kappa shape index (κ2) is 73.1. The van der Waals surface area contributed by atoms with E-state index in [9.17, 15) is 43.2 Å². The van der Waals surface area contributed by atoms with Crippen LogP contribution in [0.25, 0.3) is 0 Å². The lowest BCUT2D eigenvalue weighted by Crippen LogP contribution is -2.30. The second-order valence-corrected chi connectivity index (χ2v) is 32.5. The molecule has 0 aliphatic heterocycles. The lowest BCUT2D eigenvalue weighted by Gasteiger charge is -2.21. The number of carbonyl (C=O) groups is 4. The molecule has 3 unspecified atom stereocenters. The number of allylic oxidation sites excluding steroid dienone is 4. The topological polar surface area (TPSA) is 237 Å². The highest BCUT2D eigenvalue weighted by molar-refractivity contribution is 7.47. The molecule has 0 fully saturated rings. The van der Waals surface area contributed by atoms with Crippen LogP contribution < -0.4 is 0 Å². The Morgan fingerprint density at radius 3 is 0.891 bits per heavy atom. The van der Waals surface area contributed by atoms with E-state index in [1.807, 2.05) is 0 Å². The molecule has 0 aliphatic carbocycles. The molecule has 0 aromatic carbocycles. The SMILES string of the molecule is CCCCCC/C=C\C=C/CCCCCCCC(=O)O[C@H](COC(=O)CCCCCCCCCCC(C)CC)COP(=O)(O)OC[C@H](O)COP(=O)(O)OC[C@@H](COC(=O)CCCCCCCCCCCCCCCCCCC)OC(=O)CCCCCCCCCCCCCCCCC(C)C. The number of carbonyl (C=O) groups excluding carboxylic acids is 4. The van der Waals surface area contributed by atoms with E-state index >= 15 is 0 Å². The standard InChI is InChI=1S/C82H156O17P2/c1-7-10-12-14-16-18-20-22-24-25-27-31-35-39-46-52-58-64-79(84)92-70-77(98-81(86)67-61-55-49-41-37-33-29-28-30-34-38-44-50-56-62-74(4)5)72-96-100(88,89)94-68-76(83)69-95-101(90,91)97-73-78(71-93-80(85)65-59-53-47-43-42-45-51-57-63-75(6)9-3)99-82(87)66-60-54-48-40-36-32-26-23-21-19-17-15-13-11-8-2/h19,21,23,26,74-78,83H,7-18,20,22,24-25,27-73H2,1-6H3,(H,88,89)(H,90,91)/b21-19-,26-23-/t75?,76-,77-,78-/m1/s1. The number of phosphoric ester groups is 2. The van der Waals surface area contributed by atoms with Crippen molar-refractivity contribution >= 4 is 39.5 Å². The van der Waals surface area contributed by atoms with E-state index in [0.717, 1.165) is 115 Å². The predicted molar refractivity (Wildman–Crippen MR) is 414 cm³/mol. The highest BCUT2D eigenvalue weighted by Gasteiger charge is 2.30. The van der Waals surface area contributed by atoms with Gasteiger partial charge in [0, 0.05) is 25.7 Å². The van der Waals surface area contributed by atoms with Crippen LogP contribution in [0.4, 0.5) is 0 Å². The number of esters is 4. The van der Waals surface area contributed by atoms with Gasteiger partial charge in [0.1, 0.15) is 19.3 Å². The molecule has 0 saturated carbocycles. The Labute approximate surface area is 618 Å². The van der Waals surface area contributed by atoms with Crippen LogP contribution in [-0.4, -0.2) is 96.7 Å². The van der Waals surface area contributed by atoms with E-state index in [-0.39, 0.29) is 25.7 Å². The molecule has 6 atom stereocenters. The third-order valence-electron chi connectivity index (χ3n) is 18.9. The van der Waals surface area contributed by atoms with Crippen LogP contribution in [0.3, 0.4) is 0 Å². The normalized spacial score (nSPS) is 14.3. The molecule has 17 nitrogen and oxygen atoms in total. The van der Waals surface area contributed by atoms with Crippen molar-refractivity contribution in [1.82, 2.24) is 0 Å². The third-order valence-corrected chi connectivity index (χ3v) is 20.8. The molecule has 0 amide bonds. The van der Waals surface area contributed by atoms with Crippen LogP contribution in [0, 0.1) is 11.8 Å². The van der Waals surface area contributed by atoms with Crippen molar-refractivity contribution in [3.63, 3.8) is 0 Å². The second-order valence-electron chi connectivity index (χ2n) is 29.5. The number of ether oxygens (including phenoxy) is 4. The molecule has 0 saturated heterocycles. The Morgan fingerprint density at radius 2 is 0.584 bits per heavy atom. The fraction of sp³-hybridized carbons (Fsp3) is 0.902. The van der Waals surface area contributed by atoms with Gasteiger partial charge in [0.2, 0.25) is 0 Å². The molecule has 0 heterocycles. The van der Waals surface area contributed by atoms with Crippen LogP contribution in [-0.2, 0) is 65.4 Å². The van der Waals surface area contributed by atoms with Crippen molar-refractivity contribution < 1.29 is 80.2 Å². The highest BCUT2D eigenvalue weighted by atomic mass is 31.2. The van der Waals surface area contributed by atoms with Gasteiger partial charge in [-0.05, 0) is 63.2 Å². The predicted octanol–water partition coefficient (Wildman–Crippen LogP) is 24.2.